The van der Waals surface area contributed by atoms with Crippen molar-refractivity contribution in [1.29, 1.82) is 0 Å². The fraction of sp³-hybridized carbons (Fsp3) is 0. The van der Waals surface area contributed by atoms with Gasteiger partial charge in [0.15, 0.2) is 5.11 Å². The Labute approximate surface area is 140 Å². The van der Waals surface area contributed by atoms with Gasteiger partial charge in [-0.05, 0) is 42.6 Å². The Balaban J connectivity index is 2.01. The summed E-state index contributed by atoms with van der Waals surface area (Å²) in [5.41, 5.74) is 0.517. The lowest BCUT2D eigenvalue weighted by Crippen LogP contribution is -2.54. The van der Waals surface area contributed by atoms with E-state index in [1.54, 1.807) is 35.8 Å². The molecule has 0 spiro atoms. The van der Waals surface area contributed by atoms with Crippen LogP contribution in [0.5, 0.6) is 0 Å². The summed E-state index contributed by atoms with van der Waals surface area (Å²) >= 11 is 12.3. The number of aromatic nitrogens is 1. The number of nitrogens with one attached hydrogen (secondary N) is 1. The predicted molar refractivity (Wildman–Crippen MR) is 89.8 cm³/mol. The zero-order valence-corrected chi connectivity index (χ0v) is 13.3. The number of amides is 2. The Hall–Kier alpha value is -2.09. The topological polar surface area (TPSA) is 62.3 Å². The van der Waals surface area contributed by atoms with Crippen molar-refractivity contribution in [3.63, 3.8) is 0 Å². The molecule has 1 aromatic heterocycles. The summed E-state index contributed by atoms with van der Waals surface area (Å²) in [4.78, 5) is 29.9. The maximum absolute atomic E-state index is 12.6. The van der Waals surface area contributed by atoms with E-state index >= 15 is 0 Å². The molecule has 0 atom stereocenters. The van der Waals surface area contributed by atoms with Crippen LogP contribution in [0.15, 0.2) is 41.4 Å². The molecule has 5 nitrogen and oxygen atoms in total. The molecule has 0 radical (unpaired) electrons. The molecule has 0 saturated carbocycles. The van der Waals surface area contributed by atoms with Crippen LogP contribution in [0.25, 0.3) is 6.08 Å². The van der Waals surface area contributed by atoms with Gasteiger partial charge in [-0.25, -0.2) is 4.98 Å². The van der Waals surface area contributed by atoms with Crippen molar-refractivity contribution in [2.75, 3.05) is 4.90 Å². The van der Waals surface area contributed by atoms with E-state index < -0.39 is 11.8 Å². The zero-order valence-electron chi connectivity index (χ0n) is 10.9. The number of carbonyl (C=O) groups excluding carboxylic acids is 2. The highest BCUT2D eigenvalue weighted by Crippen LogP contribution is 2.23. The first-order valence-corrected chi connectivity index (χ1v) is 7.79. The molecular weight excluding hydrogens is 342 g/mol. The number of anilines is 1. The normalized spacial score (nSPS) is 17.0. The number of rotatable bonds is 2. The van der Waals surface area contributed by atoms with E-state index in [4.69, 9.17) is 23.8 Å². The average Bonchev–Trinajstić information content (AvgIpc) is 2.98. The largest absolute Gasteiger partial charge is 0.298 e. The van der Waals surface area contributed by atoms with Gasteiger partial charge in [0.25, 0.3) is 11.8 Å². The summed E-state index contributed by atoms with van der Waals surface area (Å²) in [5, 5.41) is 5.42. The Bertz CT molecular complexity index is 785. The summed E-state index contributed by atoms with van der Waals surface area (Å²) in [5.74, 6) is -1.03. The van der Waals surface area contributed by atoms with Gasteiger partial charge in [-0.1, -0.05) is 11.6 Å². The number of benzene rings is 1. The van der Waals surface area contributed by atoms with Gasteiger partial charge in [0, 0.05) is 16.6 Å². The minimum Gasteiger partial charge on any atom is -0.298 e. The molecule has 1 N–H and O–H groups in total. The summed E-state index contributed by atoms with van der Waals surface area (Å²) < 4.78 is 0. The number of hydrogen-bond donors (Lipinski definition) is 1. The molecule has 8 heteroatoms. The van der Waals surface area contributed by atoms with Crippen molar-refractivity contribution in [3.8, 4) is 0 Å². The van der Waals surface area contributed by atoms with E-state index in [0.717, 1.165) is 0 Å². The molecule has 2 amide bonds. The van der Waals surface area contributed by atoms with Gasteiger partial charge < -0.3 is 0 Å². The lowest BCUT2D eigenvalue weighted by Gasteiger charge is -2.28. The molecule has 3 rings (SSSR count). The first-order valence-electron chi connectivity index (χ1n) is 6.13. The second kappa shape index (κ2) is 5.96. The van der Waals surface area contributed by atoms with Gasteiger partial charge in [-0.3, -0.25) is 19.8 Å². The fourth-order valence-corrected chi connectivity index (χ4v) is 2.89. The van der Waals surface area contributed by atoms with Crippen LogP contribution in [0.2, 0.25) is 5.02 Å². The zero-order chi connectivity index (χ0) is 15.7. The van der Waals surface area contributed by atoms with Crippen molar-refractivity contribution in [3.05, 3.63) is 51.4 Å². The van der Waals surface area contributed by atoms with E-state index in [1.165, 1.54) is 22.3 Å². The molecular formula is C14H8ClN3O2S2. The maximum Gasteiger partial charge on any atom is 0.270 e. The predicted octanol–water partition coefficient (Wildman–Crippen LogP) is 2.63. The van der Waals surface area contributed by atoms with Gasteiger partial charge in [-0.2, -0.15) is 0 Å². The number of halogens is 1. The molecule has 1 saturated heterocycles. The number of nitrogens with zero attached hydrogens (tertiary/aromatic N) is 2. The molecule has 1 aromatic carbocycles. The highest BCUT2D eigenvalue weighted by molar-refractivity contribution is 7.80. The Kier molecular flexibility index (Phi) is 4.02. The molecule has 2 heterocycles. The van der Waals surface area contributed by atoms with Crippen LogP contribution in [0.3, 0.4) is 0 Å². The van der Waals surface area contributed by atoms with Crippen LogP contribution < -0.4 is 10.2 Å². The summed E-state index contributed by atoms with van der Waals surface area (Å²) in [7, 11) is 0. The average molecular weight is 350 g/mol. The molecule has 0 unspecified atom stereocenters. The van der Waals surface area contributed by atoms with Crippen molar-refractivity contribution in [2.45, 2.75) is 0 Å². The minimum absolute atomic E-state index is 0.0153. The number of carbonyl (C=O) groups is 2. The number of hydrogen-bond acceptors (Lipinski definition) is 5. The lowest BCUT2D eigenvalue weighted by atomic mass is 10.1. The molecule has 1 aliphatic rings. The van der Waals surface area contributed by atoms with Crippen LogP contribution in [-0.4, -0.2) is 21.9 Å². The first kappa shape index (κ1) is 14.8. The Morgan fingerprint density at radius 1 is 1.27 bits per heavy atom. The molecule has 1 fully saturated rings. The van der Waals surface area contributed by atoms with Gasteiger partial charge in [0.2, 0.25) is 0 Å². The fourth-order valence-electron chi connectivity index (χ4n) is 1.91. The molecule has 2 aromatic rings. The quantitative estimate of drug-likeness (QED) is 0.514. The highest BCUT2D eigenvalue weighted by atomic mass is 35.5. The first-order chi connectivity index (χ1) is 10.6. The molecule has 110 valence electrons. The van der Waals surface area contributed by atoms with Gasteiger partial charge in [0.1, 0.15) is 10.6 Å². The van der Waals surface area contributed by atoms with Crippen molar-refractivity contribution in [1.82, 2.24) is 10.3 Å². The van der Waals surface area contributed by atoms with Crippen molar-refractivity contribution >= 4 is 63.8 Å². The van der Waals surface area contributed by atoms with Gasteiger partial charge in [0.05, 0.1) is 5.69 Å². The maximum atomic E-state index is 12.6. The smallest absolute Gasteiger partial charge is 0.270 e. The number of thiazole rings is 1. The molecule has 0 bridgehead atoms. The third-order valence-electron chi connectivity index (χ3n) is 2.91. The van der Waals surface area contributed by atoms with E-state index in [2.05, 4.69) is 10.3 Å². The molecule has 22 heavy (non-hydrogen) atoms. The van der Waals surface area contributed by atoms with Crippen LogP contribution >= 0.6 is 35.2 Å². The minimum atomic E-state index is -0.532. The van der Waals surface area contributed by atoms with Gasteiger partial charge >= 0.3 is 0 Å². The standard InChI is InChI=1S/C14H8ClN3O2S2/c15-8-1-3-9(4-2-8)18-13(20)10(12(19)17-14(18)21)7-11-16-5-6-22-11/h1-7H,(H,17,19,21). The van der Waals surface area contributed by atoms with Crippen LogP contribution in [0.1, 0.15) is 5.01 Å². The summed E-state index contributed by atoms with van der Waals surface area (Å²) in [6.45, 7) is 0. The van der Waals surface area contributed by atoms with E-state index in [1.807, 2.05) is 0 Å². The number of thiocarbonyl (C=S) groups is 1. The molecule has 0 aliphatic carbocycles. The highest BCUT2D eigenvalue weighted by Gasteiger charge is 2.34. The summed E-state index contributed by atoms with van der Waals surface area (Å²) in [6, 6.07) is 6.61. The van der Waals surface area contributed by atoms with Crippen LogP contribution in [-0.2, 0) is 9.59 Å². The Morgan fingerprint density at radius 2 is 2.00 bits per heavy atom. The van der Waals surface area contributed by atoms with E-state index in [-0.39, 0.29) is 10.7 Å². The monoisotopic (exact) mass is 349 g/mol. The van der Waals surface area contributed by atoms with Gasteiger partial charge in [-0.15, -0.1) is 11.3 Å². The van der Waals surface area contributed by atoms with Crippen molar-refractivity contribution in [2.24, 2.45) is 0 Å². The van der Waals surface area contributed by atoms with Crippen LogP contribution in [0.4, 0.5) is 5.69 Å². The second-order valence-electron chi connectivity index (χ2n) is 4.30. The summed E-state index contributed by atoms with van der Waals surface area (Å²) in [6.07, 6.45) is 3.05. The lowest BCUT2D eigenvalue weighted by molar-refractivity contribution is -0.122. The Morgan fingerprint density at radius 3 is 2.64 bits per heavy atom. The second-order valence-corrected chi connectivity index (χ2v) is 6.05. The molecule has 1 aliphatic heterocycles. The SMILES string of the molecule is O=C1NC(=S)N(c2ccc(Cl)cc2)C(=O)C1=Cc1nccs1. The van der Waals surface area contributed by atoms with Crippen LogP contribution in [0, 0.1) is 0 Å². The third kappa shape index (κ3) is 2.78. The van der Waals surface area contributed by atoms with E-state index in [9.17, 15) is 9.59 Å². The van der Waals surface area contributed by atoms with Crippen molar-refractivity contribution < 1.29 is 9.59 Å². The third-order valence-corrected chi connectivity index (χ3v) is 4.16. The van der Waals surface area contributed by atoms with E-state index in [0.29, 0.717) is 15.7 Å².